The van der Waals surface area contributed by atoms with Gasteiger partial charge in [0.15, 0.2) is 5.78 Å². The van der Waals surface area contributed by atoms with E-state index < -0.39 is 11.7 Å². The zero-order valence-corrected chi connectivity index (χ0v) is 18.0. The van der Waals surface area contributed by atoms with Gasteiger partial charge in [0.05, 0.1) is 18.9 Å². The number of halogens is 1. The fraction of sp³-hybridized carbons (Fsp3) is 0.348. The zero-order valence-electron chi connectivity index (χ0n) is 18.0. The van der Waals surface area contributed by atoms with Crippen molar-refractivity contribution in [1.82, 2.24) is 4.90 Å². The van der Waals surface area contributed by atoms with Crippen LogP contribution >= 0.6 is 0 Å². The first-order valence-corrected chi connectivity index (χ1v) is 9.61. The van der Waals surface area contributed by atoms with Crippen LogP contribution in [0.15, 0.2) is 59.5 Å². The molecule has 30 heavy (non-hydrogen) atoms. The Labute approximate surface area is 176 Å². The minimum atomic E-state index is -0.473. The summed E-state index contributed by atoms with van der Waals surface area (Å²) in [4.78, 5) is 37.5. The molecule has 0 fully saturated rings. The number of ether oxygens (including phenoxy) is 2. The summed E-state index contributed by atoms with van der Waals surface area (Å²) in [5.74, 6) is -0.833. The van der Waals surface area contributed by atoms with Gasteiger partial charge in [-0.05, 0) is 36.8 Å². The molecule has 1 atom stereocenters. The summed E-state index contributed by atoms with van der Waals surface area (Å²) in [6.45, 7) is 4.00. The number of likely N-dealkylation sites (N-methyl/N-ethyl adjacent to an activating group) is 1. The van der Waals surface area contributed by atoms with E-state index in [0.29, 0.717) is 24.2 Å². The molecule has 6 nitrogen and oxygen atoms in total. The maximum absolute atomic E-state index is 13.0. The Morgan fingerprint density at radius 2 is 1.83 bits per heavy atom. The molecule has 1 aliphatic carbocycles. The summed E-state index contributed by atoms with van der Waals surface area (Å²) in [6.07, 6.45) is 5.33. The summed E-state index contributed by atoms with van der Waals surface area (Å²) in [5, 5.41) is 0. The van der Waals surface area contributed by atoms with Gasteiger partial charge in [-0.1, -0.05) is 19.9 Å². The Balaban J connectivity index is 0.00000218. The second-order valence-corrected chi connectivity index (χ2v) is 6.18. The largest absolute Gasteiger partial charge is 0.495 e. The van der Waals surface area contributed by atoms with Gasteiger partial charge in [0.1, 0.15) is 17.9 Å². The van der Waals surface area contributed by atoms with Crippen LogP contribution < -0.4 is 0 Å². The van der Waals surface area contributed by atoms with E-state index in [1.54, 1.807) is 20.2 Å². The standard InChI is InChI=1S/C21H22FNO5.C2H6/c1-23(18-9-8-17(27-2)12-20(18)28-3)21(26)11-14(13-24)10-19(25)15-4-6-16(22)7-5-15;1-2/h4-7,9,11-13,17H,8,10H2,1-3H3;1-2H3/b14-11-;. The maximum atomic E-state index is 13.0. The average molecular weight is 417 g/mol. The Bertz CT molecular complexity index is 840. The lowest BCUT2D eigenvalue weighted by atomic mass is 10.0. The van der Waals surface area contributed by atoms with Gasteiger partial charge in [-0.2, -0.15) is 0 Å². The van der Waals surface area contributed by atoms with Crippen LogP contribution in [-0.4, -0.2) is 50.2 Å². The second kappa shape index (κ2) is 12.5. The Kier molecular flexibility index (Phi) is 10.4. The zero-order chi connectivity index (χ0) is 22.7. The average Bonchev–Trinajstić information content (AvgIpc) is 2.79. The second-order valence-electron chi connectivity index (χ2n) is 6.18. The number of hydrogen-bond acceptors (Lipinski definition) is 5. The van der Waals surface area contributed by atoms with Crippen molar-refractivity contribution in [3.8, 4) is 0 Å². The van der Waals surface area contributed by atoms with Gasteiger partial charge in [0.2, 0.25) is 0 Å². The van der Waals surface area contributed by atoms with Crippen LogP contribution in [0.4, 0.5) is 4.39 Å². The summed E-state index contributed by atoms with van der Waals surface area (Å²) >= 11 is 0. The molecule has 1 aromatic rings. The molecule has 2 rings (SSSR count). The van der Waals surface area contributed by atoms with Gasteiger partial charge in [0.25, 0.3) is 5.91 Å². The molecule has 1 aromatic carbocycles. The molecule has 0 aromatic heterocycles. The molecule has 1 unspecified atom stereocenters. The van der Waals surface area contributed by atoms with Crippen molar-refractivity contribution >= 4 is 18.0 Å². The van der Waals surface area contributed by atoms with Crippen molar-refractivity contribution < 1.29 is 28.2 Å². The van der Waals surface area contributed by atoms with Gasteiger partial charge >= 0.3 is 0 Å². The highest BCUT2D eigenvalue weighted by molar-refractivity contribution is 6.03. The first-order chi connectivity index (χ1) is 14.4. The van der Waals surface area contributed by atoms with E-state index in [1.807, 2.05) is 19.9 Å². The Morgan fingerprint density at radius 1 is 1.20 bits per heavy atom. The fourth-order valence-corrected chi connectivity index (χ4v) is 2.71. The first-order valence-electron chi connectivity index (χ1n) is 9.61. The number of rotatable bonds is 8. The molecule has 0 spiro atoms. The molecule has 0 bridgehead atoms. The van der Waals surface area contributed by atoms with Crippen molar-refractivity contribution in [2.24, 2.45) is 0 Å². The third kappa shape index (κ3) is 6.77. The van der Waals surface area contributed by atoms with Crippen LogP contribution in [-0.2, 0) is 19.1 Å². The lowest BCUT2D eigenvalue weighted by Crippen LogP contribution is -2.29. The first kappa shape index (κ1) is 25.0. The van der Waals surface area contributed by atoms with E-state index in [-0.39, 0.29) is 29.4 Å². The number of carbonyl (C=O) groups excluding carboxylic acids is 3. The number of hydrogen-bond donors (Lipinski definition) is 0. The van der Waals surface area contributed by atoms with E-state index in [1.165, 1.54) is 24.1 Å². The van der Waals surface area contributed by atoms with Gasteiger partial charge in [-0.3, -0.25) is 14.4 Å². The summed E-state index contributed by atoms with van der Waals surface area (Å²) < 4.78 is 23.5. The number of allylic oxidation sites excluding steroid dienone is 1. The van der Waals surface area contributed by atoms with E-state index in [9.17, 15) is 18.8 Å². The minimum absolute atomic E-state index is 0.0281. The van der Waals surface area contributed by atoms with Crippen molar-refractivity contribution in [1.29, 1.82) is 0 Å². The van der Waals surface area contributed by atoms with Gasteiger partial charge in [-0.25, -0.2) is 4.39 Å². The molecule has 1 amide bonds. The van der Waals surface area contributed by atoms with Crippen LogP contribution in [0.5, 0.6) is 0 Å². The number of amides is 1. The topological polar surface area (TPSA) is 72.9 Å². The van der Waals surface area contributed by atoms with Crippen molar-refractivity contribution in [3.63, 3.8) is 0 Å². The van der Waals surface area contributed by atoms with E-state index >= 15 is 0 Å². The third-order valence-corrected chi connectivity index (χ3v) is 4.34. The monoisotopic (exact) mass is 417 g/mol. The van der Waals surface area contributed by atoms with Crippen LogP contribution in [0.2, 0.25) is 0 Å². The van der Waals surface area contributed by atoms with Crippen molar-refractivity contribution in [2.75, 3.05) is 21.3 Å². The molecule has 162 valence electrons. The Hall–Kier alpha value is -3.06. The predicted octanol–water partition coefficient (Wildman–Crippen LogP) is 3.84. The highest BCUT2D eigenvalue weighted by atomic mass is 19.1. The molecule has 0 N–H and O–H groups in total. The molecule has 7 heteroatoms. The highest BCUT2D eigenvalue weighted by Crippen LogP contribution is 2.24. The van der Waals surface area contributed by atoms with E-state index in [2.05, 4.69) is 0 Å². The molecule has 0 saturated heterocycles. The smallest absolute Gasteiger partial charge is 0.251 e. The molecular weight excluding hydrogens is 389 g/mol. The van der Waals surface area contributed by atoms with Crippen molar-refractivity contribution in [3.05, 3.63) is 70.9 Å². The van der Waals surface area contributed by atoms with Crippen LogP contribution in [0.25, 0.3) is 0 Å². The van der Waals surface area contributed by atoms with Crippen molar-refractivity contribution in [2.45, 2.75) is 32.8 Å². The lowest BCUT2D eigenvalue weighted by Gasteiger charge is -2.26. The number of methoxy groups -OCH3 is 2. The normalized spacial score (nSPS) is 15.8. The third-order valence-electron chi connectivity index (χ3n) is 4.34. The molecule has 0 radical (unpaired) electrons. The number of Topliss-reactive ketones (excluding diaryl/α,β-unsaturated/α-hetero) is 1. The summed E-state index contributed by atoms with van der Waals surface area (Å²) in [6, 6.07) is 5.00. The van der Waals surface area contributed by atoms with Crippen LogP contribution in [0, 0.1) is 5.82 Å². The summed E-state index contributed by atoms with van der Waals surface area (Å²) in [5.41, 5.74) is 0.840. The Morgan fingerprint density at radius 3 is 2.37 bits per heavy atom. The predicted molar refractivity (Wildman–Crippen MR) is 112 cm³/mol. The fourth-order valence-electron chi connectivity index (χ4n) is 2.71. The number of ketones is 1. The van der Waals surface area contributed by atoms with E-state index in [0.717, 1.165) is 18.2 Å². The van der Waals surface area contributed by atoms with Gasteiger partial charge in [0, 0.05) is 37.8 Å². The number of nitrogens with zero attached hydrogens (tertiary/aromatic N) is 1. The number of carbonyl (C=O) groups is 3. The number of aldehydes is 1. The highest BCUT2D eigenvalue weighted by Gasteiger charge is 2.22. The van der Waals surface area contributed by atoms with Crippen LogP contribution in [0.3, 0.4) is 0 Å². The maximum Gasteiger partial charge on any atom is 0.251 e. The van der Waals surface area contributed by atoms with E-state index in [4.69, 9.17) is 9.47 Å². The lowest BCUT2D eigenvalue weighted by molar-refractivity contribution is -0.123. The summed E-state index contributed by atoms with van der Waals surface area (Å²) in [7, 11) is 4.62. The SMILES string of the molecule is CC.COC1=CC(OC)CC=C1N(C)C(=O)/C=C(\C=O)CC(=O)c1ccc(F)cc1. The van der Waals surface area contributed by atoms with Gasteiger partial charge < -0.3 is 14.4 Å². The number of benzene rings is 1. The molecule has 1 aliphatic rings. The molecule has 0 saturated carbocycles. The van der Waals surface area contributed by atoms with Gasteiger partial charge in [-0.15, -0.1) is 0 Å². The molecule has 0 aliphatic heterocycles. The quantitative estimate of drug-likeness (QED) is 0.365. The van der Waals surface area contributed by atoms with Crippen LogP contribution in [0.1, 0.15) is 37.0 Å². The minimum Gasteiger partial charge on any atom is -0.495 e. The molecule has 0 heterocycles. The molecular formula is C23H28FNO5.